The molecule has 1 aliphatic heterocycles. The molecule has 1 atom stereocenters. The van der Waals surface area contributed by atoms with Crippen molar-refractivity contribution in [3.8, 4) is 5.75 Å². The minimum Gasteiger partial charge on any atom is -0.496 e. The van der Waals surface area contributed by atoms with Crippen molar-refractivity contribution >= 4 is 17.6 Å². The first-order chi connectivity index (χ1) is 17.0. The summed E-state index contributed by atoms with van der Waals surface area (Å²) in [6.45, 7) is 2.88. The molecule has 2 aliphatic rings. The number of hydrogen-bond donors (Lipinski definition) is 2. The zero-order chi connectivity index (χ0) is 24.6. The van der Waals surface area contributed by atoms with Gasteiger partial charge in [-0.05, 0) is 55.0 Å². The monoisotopic (exact) mass is 482 g/mol. The number of hydrogen-bond acceptors (Lipinski definition) is 4. The predicted octanol–water partition coefficient (Wildman–Crippen LogP) is 3.90. The van der Waals surface area contributed by atoms with E-state index in [0.717, 1.165) is 37.0 Å². The van der Waals surface area contributed by atoms with Gasteiger partial charge in [0.05, 0.1) is 13.2 Å². The first-order valence-corrected chi connectivity index (χ1v) is 12.5. The van der Waals surface area contributed by atoms with Gasteiger partial charge in [-0.1, -0.05) is 37.1 Å². The maximum absolute atomic E-state index is 13.4. The van der Waals surface area contributed by atoms with Crippen molar-refractivity contribution in [2.45, 2.75) is 38.1 Å². The number of halogens is 1. The molecule has 1 unspecified atom stereocenters. The number of carbonyl (C=O) groups excluding carboxylic acids is 2. The Labute approximate surface area is 206 Å². The molecule has 1 aliphatic carbocycles. The molecule has 1 heterocycles. The van der Waals surface area contributed by atoms with Crippen molar-refractivity contribution in [2.24, 2.45) is 5.92 Å². The van der Waals surface area contributed by atoms with Gasteiger partial charge in [0.15, 0.2) is 0 Å². The molecule has 1 saturated carbocycles. The number of para-hydroxylation sites is 1. The van der Waals surface area contributed by atoms with Crippen LogP contribution in [0.1, 0.15) is 31.2 Å². The highest BCUT2D eigenvalue weighted by Gasteiger charge is 2.37. The summed E-state index contributed by atoms with van der Waals surface area (Å²) >= 11 is 0. The fourth-order valence-electron chi connectivity index (χ4n) is 5.26. The molecule has 0 spiro atoms. The zero-order valence-electron chi connectivity index (χ0n) is 20.3. The topological polar surface area (TPSA) is 73.9 Å². The number of carbonyl (C=O) groups is 2. The van der Waals surface area contributed by atoms with Crippen LogP contribution in [0.3, 0.4) is 0 Å². The molecule has 188 valence electrons. The smallest absolute Gasteiger partial charge is 0.321 e. The molecular formula is C27H35FN4O3. The van der Waals surface area contributed by atoms with Gasteiger partial charge in [-0.15, -0.1) is 0 Å². The number of methoxy groups -OCH3 is 1. The van der Waals surface area contributed by atoms with Crippen LogP contribution in [-0.2, 0) is 11.2 Å². The summed E-state index contributed by atoms with van der Waals surface area (Å²) in [4.78, 5) is 30.0. The van der Waals surface area contributed by atoms with Gasteiger partial charge in [-0.2, -0.15) is 0 Å². The van der Waals surface area contributed by atoms with E-state index in [4.69, 9.17) is 4.74 Å². The van der Waals surface area contributed by atoms with Gasteiger partial charge in [-0.25, -0.2) is 9.18 Å². The minimum atomic E-state index is -0.385. The molecule has 0 bridgehead atoms. The zero-order valence-corrected chi connectivity index (χ0v) is 20.3. The summed E-state index contributed by atoms with van der Waals surface area (Å²) in [5.74, 6) is 0.865. The number of urea groups is 1. The number of amides is 3. The molecule has 2 fully saturated rings. The van der Waals surface area contributed by atoms with E-state index in [0.29, 0.717) is 50.7 Å². The normalized spacial score (nSPS) is 17.7. The number of nitrogens with zero attached hydrogens (tertiary/aromatic N) is 2. The Kier molecular flexibility index (Phi) is 8.58. The van der Waals surface area contributed by atoms with Crippen molar-refractivity contribution in [1.29, 1.82) is 0 Å². The van der Waals surface area contributed by atoms with Gasteiger partial charge >= 0.3 is 6.03 Å². The fourth-order valence-corrected chi connectivity index (χ4v) is 5.26. The SMILES string of the molecule is COc1ccccc1CCNC(=O)C(C1CCCC1)N1CCN(C(=O)Nc2cccc(F)c2)CC1. The lowest BCUT2D eigenvalue weighted by Gasteiger charge is -2.40. The van der Waals surface area contributed by atoms with E-state index in [1.165, 1.54) is 12.1 Å². The average Bonchev–Trinajstić information content (AvgIpc) is 3.39. The number of piperazine rings is 1. The number of rotatable bonds is 8. The van der Waals surface area contributed by atoms with Crippen molar-refractivity contribution in [3.63, 3.8) is 0 Å². The molecule has 2 N–H and O–H groups in total. The summed E-state index contributed by atoms with van der Waals surface area (Å²) in [5.41, 5.74) is 1.52. The van der Waals surface area contributed by atoms with Crippen LogP contribution >= 0.6 is 0 Å². The van der Waals surface area contributed by atoms with Gasteiger partial charge < -0.3 is 20.3 Å². The lowest BCUT2D eigenvalue weighted by Crippen LogP contribution is -2.58. The predicted molar refractivity (Wildman–Crippen MR) is 134 cm³/mol. The lowest BCUT2D eigenvalue weighted by atomic mass is 9.95. The molecular weight excluding hydrogens is 447 g/mol. The van der Waals surface area contributed by atoms with Crippen LogP contribution in [-0.4, -0.2) is 67.6 Å². The van der Waals surface area contributed by atoms with Crippen LogP contribution in [0.15, 0.2) is 48.5 Å². The van der Waals surface area contributed by atoms with E-state index >= 15 is 0 Å². The van der Waals surface area contributed by atoms with Crippen LogP contribution in [0, 0.1) is 11.7 Å². The highest BCUT2D eigenvalue weighted by molar-refractivity contribution is 5.89. The Morgan fingerprint density at radius 2 is 1.80 bits per heavy atom. The number of anilines is 1. The third-order valence-corrected chi connectivity index (χ3v) is 7.07. The summed E-state index contributed by atoms with van der Waals surface area (Å²) in [6.07, 6.45) is 5.15. The maximum Gasteiger partial charge on any atom is 0.321 e. The summed E-state index contributed by atoms with van der Waals surface area (Å²) in [5, 5.41) is 5.93. The minimum absolute atomic E-state index is 0.0736. The summed E-state index contributed by atoms with van der Waals surface area (Å²) in [7, 11) is 1.66. The molecule has 7 nitrogen and oxygen atoms in total. The van der Waals surface area contributed by atoms with E-state index in [2.05, 4.69) is 15.5 Å². The third kappa shape index (κ3) is 6.51. The van der Waals surface area contributed by atoms with Crippen LogP contribution in [0.5, 0.6) is 5.75 Å². The molecule has 35 heavy (non-hydrogen) atoms. The van der Waals surface area contributed by atoms with Crippen molar-refractivity contribution < 1.29 is 18.7 Å². The molecule has 0 aromatic heterocycles. The van der Waals surface area contributed by atoms with Gasteiger partial charge in [0.1, 0.15) is 11.6 Å². The van der Waals surface area contributed by atoms with Gasteiger partial charge in [0, 0.05) is 38.4 Å². The Morgan fingerprint density at radius 3 is 2.51 bits per heavy atom. The Hall–Kier alpha value is -3.13. The molecule has 8 heteroatoms. The highest BCUT2D eigenvalue weighted by atomic mass is 19.1. The summed E-state index contributed by atoms with van der Waals surface area (Å²) < 4.78 is 18.9. The molecule has 2 aromatic rings. The van der Waals surface area contributed by atoms with Gasteiger partial charge in [-0.3, -0.25) is 9.69 Å². The first-order valence-electron chi connectivity index (χ1n) is 12.5. The van der Waals surface area contributed by atoms with Crippen LogP contribution in [0.2, 0.25) is 0 Å². The highest BCUT2D eigenvalue weighted by Crippen LogP contribution is 2.31. The lowest BCUT2D eigenvalue weighted by molar-refractivity contribution is -0.129. The van der Waals surface area contributed by atoms with Gasteiger partial charge in [0.2, 0.25) is 5.91 Å². The molecule has 1 saturated heterocycles. The van der Waals surface area contributed by atoms with Crippen LogP contribution in [0.4, 0.5) is 14.9 Å². The number of benzene rings is 2. The van der Waals surface area contributed by atoms with E-state index in [-0.39, 0.29) is 23.8 Å². The second-order valence-electron chi connectivity index (χ2n) is 9.31. The Morgan fingerprint density at radius 1 is 1.06 bits per heavy atom. The van der Waals surface area contributed by atoms with Crippen LogP contribution < -0.4 is 15.4 Å². The van der Waals surface area contributed by atoms with E-state index in [9.17, 15) is 14.0 Å². The van der Waals surface area contributed by atoms with E-state index in [1.54, 1.807) is 24.1 Å². The first kappa shape index (κ1) is 25.0. The van der Waals surface area contributed by atoms with Crippen LogP contribution in [0.25, 0.3) is 0 Å². The third-order valence-electron chi connectivity index (χ3n) is 7.07. The number of nitrogens with one attached hydrogen (secondary N) is 2. The Bertz CT molecular complexity index is 1000. The molecule has 0 radical (unpaired) electrons. The molecule has 3 amide bonds. The van der Waals surface area contributed by atoms with E-state index < -0.39 is 0 Å². The maximum atomic E-state index is 13.4. The quantitative estimate of drug-likeness (QED) is 0.599. The average molecular weight is 483 g/mol. The summed E-state index contributed by atoms with van der Waals surface area (Å²) in [6, 6.07) is 13.3. The molecule has 4 rings (SSSR count). The standard InChI is InChI=1S/C27H35FN4O3/c1-35-24-12-5-4-7-20(24)13-14-29-26(33)25(21-8-2-3-9-21)31-15-17-32(18-16-31)27(34)30-23-11-6-10-22(28)19-23/h4-7,10-12,19,21,25H,2-3,8-9,13-18H2,1H3,(H,29,33)(H,30,34). The molecule has 2 aromatic carbocycles. The van der Waals surface area contributed by atoms with E-state index in [1.807, 2.05) is 24.3 Å². The number of ether oxygens (including phenoxy) is 1. The Balaban J connectivity index is 1.32. The fraction of sp³-hybridized carbons (Fsp3) is 0.481. The van der Waals surface area contributed by atoms with Gasteiger partial charge in [0.25, 0.3) is 0 Å². The largest absolute Gasteiger partial charge is 0.496 e. The second kappa shape index (κ2) is 12.0. The van der Waals surface area contributed by atoms with Crippen molar-refractivity contribution in [1.82, 2.24) is 15.1 Å². The van der Waals surface area contributed by atoms with Crippen molar-refractivity contribution in [3.05, 3.63) is 59.9 Å². The second-order valence-corrected chi connectivity index (χ2v) is 9.31. The van der Waals surface area contributed by atoms with Crippen molar-refractivity contribution in [2.75, 3.05) is 45.2 Å².